The van der Waals surface area contributed by atoms with Crippen molar-refractivity contribution in [3.8, 4) is 0 Å². The average molecular weight is 695 g/mol. The summed E-state index contributed by atoms with van der Waals surface area (Å²) in [6, 6.07) is 27.6. The third kappa shape index (κ3) is 11.5. The van der Waals surface area contributed by atoms with E-state index >= 15 is 0 Å². The minimum atomic E-state index is -4.67. The molecule has 3 aromatic carbocycles. The van der Waals surface area contributed by atoms with Gasteiger partial charge in [0.2, 0.25) is 5.91 Å². The van der Waals surface area contributed by atoms with Gasteiger partial charge in [0.05, 0.1) is 12.6 Å². The maximum atomic E-state index is 14.1. The summed E-state index contributed by atoms with van der Waals surface area (Å²) in [5, 5.41) is 7.67. The number of rotatable bonds is 12. The Morgan fingerprint density at radius 1 is 0.918 bits per heavy atom. The molecule has 0 bridgehead atoms. The zero-order chi connectivity index (χ0) is 35.6. The first-order chi connectivity index (χ1) is 23.2. The summed E-state index contributed by atoms with van der Waals surface area (Å²) in [6.07, 6.45) is -0.650. The van der Waals surface area contributed by atoms with E-state index in [1.165, 1.54) is 0 Å². The molecule has 260 valence electrons. The van der Waals surface area contributed by atoms with Crippen LogP contribution in [0.3, 0.4) is 0 Å². The molecule has 15 heteroatoms. The summed E-state index contributed by atoms with van der Waals surface area (Å²) in [7, 11) is -1.13. The van der Waals surface area contributed by atoms with Crippen LogP contribution in [0.5, 0.6) is 0 Å². The zero-order valence-electron chi connectivity index (χ0n) is 27.1. The van der Waals surface area contributed by atoms with Crippen LogP contribution in [0, 0.1) is 0 Å². The number of hydrogen-bond donors (Lipinski definition) is 5. The fourth-order valence-electron chi connectivity index (χ4n) is 5.00. The van der Waals surface area contributed by atoms with Gasteiger partial charge in [-0.25, -0.2) is 4.79 Å². The number of nitrogens with one attached hydrogen (secondary N) is 3. The van der Waals surface area contributed by atoms with Gasteiger partial charge >= 0.3 is 22.5 Å². The van der Waals surface area contributed by atoms with Crippen LogP contribution in [0.4, 0.5) is 4.79 Å². The van der Waals surface area contributed by atoms with E-state index in [-0.39, 0.29) is 26.2 Å². The number of carbonyl (C=O) groups is 3. The van der Waals surface area contributed by atoms with Gasteiger partial charge in [-0.2, -0.15) is 8.42 Å². The van der Waals surface area contributed by atoms with E-state index in [2.05, 4.69) is 15.6 Å². The van der Waals surface area contributed by atoms with Gasteiger partial charge in [0.15, 0.2) is 6.61 Å². The second-order valence-electron chi connectivity index (χ2n) is 11.6. The van der Waals surface area contributed by atoms with E-state index in [1.54, 1.807) is 32.0 Å². The van der Waals surface area contributed by atoms with Crippen LogP contribution in [0.25, 0.3) is 21.9 Å². The predicted molar refractivity (Wildman–Crippen MR) is 181 cm³/mol. The van der Waals surface area contributed by atoms with E-state index in [9.17, 15) is 14.4 Å². The highest BCUT2D eigenvalue weighted by atomic mass is 32.3. The largest absolute Gasteiger partial charge is 0.462 e. The van der Waals surface area contributed by atoms with Crippen molar-refractivity contribution >= 4 is 50.2 Å². The first-order valence-corrected chi connectivity index (χ1v) is 16.4. The Morgan fingerprint density at radius 2 is 1.55 bits per heavy atom. The third-order valence-electron chi connectivity index (χ3n) is 7.19. The Balaban J connectivity index is 0.00000101. The topological polar surface area (TPSA) is 200 Å². The van der Waals surface area contributed by atoms with E-state index in [0.717, 1.165) is 27.5 Å². The van der Waals surface area contributed by atoms with Crippen molar-refractivity contribution in [1.82, 2.24) is 20.5 Å². The number of amides is 2. The third-order valence-corrected chi connectivity index (χ3v) is 7.19. The smallest absolute Gasteiger partial charge is 0.408 e. The van der Waals surface area contributed by atoms with Crippen molar-refractivity contribution in [3.63, 3.8) is 0 Å². The van der Waals surface area contributed by atoms with Crippen molar-refractivity contribution in [1.29, 1.82) is 0 Å². The molecule has 5 N–H and O–H groups in total. The Morgan fingerprint density at radius 3 is 2.20 bits per heavy atom. The number of likely N-dealkylation sites (N-methyl/N-ethyl adjacent to an activating group) is 1. The number of ether oxygens (including phenoxy) is 2. The normalized spacial score (nSPS) is 13.2. The molecule has 0 aliphatic heterocycles. The number of fused-ring (bicyclic) bond motifs is 2. The molecule has 2 atom stereocenters. The van der Waals surface area contributed by atoms with Crippen LogP contribution >= 0.6 is 0 Å². The molecule has 0 radical (unpaired) electrons. The number of esters is 1. The molecule has 14 nitrogen and oxygen atoms in total. The lowest BCUT2D eigenvalue weighted by atomic mass is 9.93. The first kappa shape index (κ1) is 36.6. The SMILES string of the molecule is CN(C)CC(=O)OC[C@H](NC(=O)[C@@](C)(Cc1cc2ccccc2[nH]1)NC(=O)OCc1cc2ccccc2o1)c1ccccc1.O=S(=O)(O)O. The van der Waals surface area contributed by atoms with Gasteiger partial charge in [-0.05, 0) is 56.2 Å². The molecule has 0 fully saturated rings. The summed E-state index contributed by atoms with van der Waals surface area (Å²) in [6.45, 7) is 1.54. The molecule has 0 unspecified atom stereocenters. The molecule has 0 saturated heterocycles. The molecule has 5 rings (SSSR count). The Bertz CT molecular complexity index is 1920. The standard InChI is InChI=1S/C34H36N4O6.H2O4S/c1-34(19-26-17-24-13-7-9-15-28(24)35-26,37-33(41)43-21-27-18-25-14-8-10-16-30(25)44-27)32(40)36-29(23-11-5-4-6-12-23)22-42-31(39)20-38(2)3;1-5(2,3)4/h4-18,29,35H,19-22H2,1-3H3,(H,36,40)(H,37,41);(H2,1,2,3,4)/t29-,34+;/m0./s1. The van der Waals surface area contributed by atoms with Crippen molar-refractivity contribution in [3.05, 3.63) is 108 Å². The van der Waals surface area contributed by atoms with Gasteiger partial charge < -0.3 is 29.5 Å². The van der Waals surface area contributed by atoms with Crippen molar-refractivity contribution in [2.45, 2.75) is 31.5 Å². The number of benzene rings is 3. The number of alkyl carbamates (subject to hydrolysis) is 1. The molecule has 0 aliphatic carbocycles. The van der Waals surface area contributed by atoms with Crippen LogP contribution in [0.1, 0.15) is 30.0 Å². The number of aromatic nitrogens is 1. The fourth-order valence-corrected chi connectivity index (χ4v) is 5.00. The predicted octanol–water partition coefficient (Wildman–Crippen LogP) is 4.45. The number of hydrogen-bond acceptors (Lipinski definition) is 9. The van der Waals surface area contributed by atoms with Crippen LogP contribution in [0.2, 0.25) is 0 Å². The van der Waals surface area contributed by atoms with Crippen LogP contribution < -0.4 is 10.6 Å². The van der Waals surface area contributed by atoms with Gasteiger partial charge in [0, 0.05) is 23.0 Å². The molecule has 2 aromatic heterocycles. The lowest BCUT2D eigenvalue weighted by molar-refractivity contribution is -0.146. The molecular weight excluding hydrogens is 656 g/mol. The van der Waals surface area contributed by atoms with E-state index in [4.69, 9.17) is 31.4 Å². The van der Waals surface area contributed by atoms with Crippen LogP contribution in [0.15, 0.2) is 95.4 Å². The number of H-pyrrole nitrogens is 1. The molecule has 2 heterocycles. The van der Waals surface area contributed by atoms with Gasteiger partial charge in [-0.15, -0.1) is 0 Å². The van der Waals surface area contributed by atoms with Crippen molar-refractivity contribution in [2.75, 3.05) is 27.2 Å². The highest BCUT2D eigenvalue weighted by Gasteiger charge is 2.38. The van der Waals surface area contributed by atoms with Crippen LogP contribution in [-0.4, -0.2) is 78.2 Å². The maximum Gasteiger partial charge on any atom is 0.408 e. The first-order valence-electron chi connectivity index (χ1n) is 15.0. The quantitative estimate of drug-likeness (QED) is 0.0913. The second-order valence-corrected chi connectivity index (χ2v) is 12.5. The van der Waals surface area contributed by atoms with Crippen molar-refractivity contribution in [2.24, 2.45) is 0 Å². The van der Waals surface area contributed by atoms with E-state index in [0.29, 0.717) is 11.3 Å². The number of furan rings is 1. The fraction of sp³-hybridized carbons (Fsp3) is 0.265. The highest BCUT2D eigenvalue weighted by molar-refractivity contribution is 7.79. The molecule has 0 saturated carbocycles. The number of aromatic amines is 1. The number of para-hydroxylation sites is 2. The molecule has 49 heavy (non-hydrogen) atoms. The lowest BCUT2D eigenvalue weighted by Gasteiger charge is -2.31. The lowest BCUT2D eigenvalue weighted by Crippen LogP contribution is -2.59. The highest BCUT2D eigenvalue weighted by Crippen LogP contribution is 2.23. The second kappa shape index (κ2) is 16.3. The Labute approximate surface area is 283 Å². The molecule has 5 aromatic rings. The molecule has 0 aliphatic rings. The maximum absolute atomic E-state index is 14.1. The monoisotopic (exact) mass is 694 g/mol. The van der Waals surface area contributed by atoms with Gasteiger partial charge in [-0.3, -0.25) is 23.6 Å². The van der Waals surface area contributed by atoms with Crippen molar-refractivity contribution < 1.29 is 45.8 Å². The Hall–Kier alpha value is -5.22. The van der Waals surface area contributed by atoms with Gasteiger partial charge in [0.1, 0.15) is 23.5 Å². The van der Waals surface area contributed by atoms with E-state index in [1.807, 2.05) is 84.9 Å². The molecule has 0 spiro atoms. The summed E-state index contributed by atoms with van der Waals surface area (Å²) >= 11 is 0. The van der Waals surface area contributed by atoms with E-state index < -0.39 is 39.9 Å². The molecule has 2 amide bonds. The number of nitrogens with zero attached hydrogens (tertiary/aromatic N) is 1. The summed E-state index contributed by atoms with van der Waals surface area (Å²) in [5.74, 6) is -0.417. The van der Waals surface area contributed by atoms with Gasteiger partial charge in [0.25, 0.3) is 0 Å². The zero-order valence-corrected chi connectivity index (χ0v) is 27.9. The Kier molecular flexibility index (Phi) is 12.1. The van der Waals surface area contributed by atoms with Crippen LogP contribution in [-0.2, 0) is 42.5 Å². The molecular formula is C34H38N4O10S. The minimum Gasteiger partial charge on any atom is -0.462 e. The summed E-state index contributed by atoms with van der Waals surface area (Å²) in [4.78, 5) is 44.6. The number of carbonyl (C=O) groups excluding carboxylic acids is 3. The van der Waals surface area contributed by atoms with Gasteiger partial charge in [-0.1, -0.05) is 66.7 Å². The minimum absolute atomic E-state index is 0.0820. The summed E-state index contributed by atoms with van der Waals surface area (Å²) < 4.78 is 48.4. The average Bonchev–Trinajstić information content (AvgIpc) is 3.64. The summed E-state index contributed by atoms with van der Waals surface area (Å²) in [5.41, 5.74) is 1.64.